The molecule has 0 fully saturated rings. The summed E-state index contributed by atoms with van der Waals surface area (Å²) < 4.78 is 1.62. The number of fused-ring (bicyclic) bond motifs is 1. The van der Waals surface area contributed by atoms with Crippen molar-refractivity contribution in [3.05, 3.63) is 22.8 Å². The minimum absolute atomic E-state index is 0.540. The van der Waals surface area contributed by atoms with Crippen LogP contribution in [0.25, 0.3) is 5.78 Å². The Labute approximate surface area is 130 Å². The second kappa shape index (κ2) is 5.95. The third-order valence-corrected chi connectivity index (χ3v) is 2.65. The Bertz CT molecular complexity index is 560. The van der Waals surface area contributed by atoms with Gasteiger partial charge in [0.1, 0.15) is 11.4 Å². The molecule has 0 radical (unpaired) electrons. The standard InChI is InChI=1S/C11H16N4O.I2/c1-6-7(2)12-10-13-8(3)14-15(10)9(6)11(4,5)16;1-2/h16H,1-5H3;. The van der Waals surface area contributed by atoms with Crippen LogP contribution in [0.4, 0.5) is 0 Å². The van der Waals surface area contributed by atoms with E-state index in [9.17, 15) is 5.11 Å². The van der Waals surface area contributed by atoms with E-state index in [2.05, 4.69) is 52.3 Å². The Balaban J connectivity index is 0.000000771. The Morgan fingerprint density at radius 1 is 1.11 bits per heavy atom. The van der Waals surface area contributed by atoms with Gasteiger partial charge in [0.2, 0.25) is 0 Å². The van der Waals surface area contributed by atoms with Crippen molar-refractivity contribution in [3.63, 3.8) is 0 Å². The molecule has 100 valence electrons. The largest absolute Gasteiger partial charge is 0.384 e. The van der Waals surface area contributed by atoms with E-state index in [1.54, 1.807) is 18.4 Å². The lowest BCUT2D eigenvalue weighted by atomic mass is 9.99. The first-order valence-electron chi connectivity index (χ1n) is 5.38. The number of hydrogen-bond acceptors (Lipinski definition) is 4. The summed E-state index contributed by atoms with van der Waals surface area (Å²) in [5.41, 5.74) is 1.61. The molecule has 0 saturated heterocycles. The first kappa shape index (κ1) is 16.0. The highest BCUT2D eigenvalue weighted by atomic mass is 128. The maximum absolute atomic E-state index is 10.2. The normalized spacial score (nSPS) is 11.3. The van der Waals surface area contributed by atoms with Crippen molar-refractivity contribution in [2.45, 2.75) is 40.2 Å². The summed E-state index contributed by atoms with van der Waals surface area (Å²) in [6.07, 6.45) is 0. The van der Waals surface area contributed by atoms with E-state index in [0.717, 1.165) is 17.0 Å². The third-order valence-electron chi connectivity index (χ3n) is 2.65. The molecule has 0 aliphatic carbocycles. The average molecular weight is 474 g/mol. The number of hydrogen-bond donors (Lipinski definition) is 1. The van der Waals surface area contributed by atoms with Gasteiger partial charge in [-0.25, -0.2) is 4.98 Å². The molecule has 0 aliphatic heterocycles. The number of aromatic nitrogens is 4. The van der Waals surface area contributed by atoms with Crippen LogP contribution in [-0.4, -0.2) is 24.7 Å². The van der Waals surface area contributed by atoms with E-state index in [1.807, 2.05) is 20.8 Å². The SMILES string of the molecule is Cc1nc2nc(C)c(C)c(C(C)(C)O)n2n1.II. The molecule has 0 spiro atoms. The van der Waals surface area contributed by atoms with Crippen molar-refractivity contribution in [2.75, 3.05) is 0 Å². The van der Waals surface area contributed by atoms with Crippen molar-refractivity contribution in [1.82, 2.24) is 19.6 Å². The van der Waals surface area contributed by atoms with Gasteiger partial charge in [0.05, 0.1) is 5.69 Å². The molecule has 0 aromatic carbocycles. The molecule has 0 aliphatic rings. The van der Waals surface area contributed by atoms with Gasteiger partial charge < -0.3 is 5.11 Å². The quantitative estimate of drug-likeness (QED) is 0.646. The third kappa shape index (κ3) is 3.10. The van der Waals surface area contributed by atoms with Crippen molar-refractivity contribution >= 4 is 43.0 Å². The minimum Gasteiger partial charge on any atom is -0.384 e. The molecule has 0 unspecified atom stereocenters. The molecule has 2 aromatic rings. The van der Waals surface area contributed by atoms with Gasteiger partial charge in [-0.2, -0.15) is 9.50 Å². The van der Waals surface area contributed by atoms with Gasteiger partial charge in [-0.05, 0) is 40.2 Å². The number of nitrogens with zero attached hydrogens (tertiary/aromatic N) is 4. The Morgan fingerprint density at radius 3 is 2.17 bits per heavy atom. The van der Waals surface area contributed by atoms with Gasteiger partial charge in [-0.3, -0.25) is 0 Å². The zero-order valence-electron chi connectivity index (χ0n) is 11.0. The molecular formula is C11H16I2N4O. The predicted molar refractivity (Wildman–Crippen MR) is 88.3 cm³/mol. The molecule has 0 bridgehead atoms. The molecule has 5 nitrogen and oxygen atoms in total. The fourth-order valence-corrected chi connectivity index (χ4v) is 1.91. The highest BCUT2D eigenvalue weighted by molar-refractivity contribution is 15.0. The summed E-state index contributed by atoms with van der Waals surface area (Å²) in [5.74, 6) is 1.20. The second-order valence-electron chi connectivity index (χ2n) is 4.60. The summed E-state index contributed by atoms with van der Waals surface area (Å²) in [7, 11) is 0. The molecule has 2 aromatic heterocycles. The van der Waals surface area contributed by atoms with Gasteiger partial charge in [0.25, 0.3) is 5.78 Å². The van der Waals surface area contributed by atoms with Gasteiger partial charge in [0, 0.05) is 42.9 Å². The van der Waals surface area contributed by atoms with Crippen LogP contribution in [0.5, 0.6) is 0 Å². The summed E-state index contributed by atoms with van der Waals surface area (Å²) in [6, 6.07) is 0. The van der Waals surface area contributed by atoms with E-state index in [-0.39, 0.29) is 0 Å². The summed E-state index contributed by atoms with van der Waals surface area (Å²) in [6.45, 7) is 9.14. The molecular weight excluding hydrogens is 458 g/mol. The van der Waals surface area contributed by atoms with E-state index in [1.165, 1.54) is 0 Å². The monoisotopic (exact) mass is 474 g/mol. The number of rotatable bonds is 1. The van der Waals surface area contributed by atoms with Crippen molar-refractivity contribution in [3.8, 4) is 0 Å². The fourth-order valence-electron chi connectivity index (χ4n) is 1.91. The first-order valence-corrected chi connectivity index (χ1v) is 11.7. The molecule has 1 N–H and O–H groups in total. The van der Waals surface area contributed by atoms with Crippen LogP contribution in [0.2, 0.25) is 0 Å². The molecule has 2 heterocycles. The van der Waals surface area contributed by atoms with Crippen LogP contribution in [0.1, 0.15) is 36.6 Å². The number of halogens is 2. The lowest BCUT2D eigenvalue weighted by Crippen LogP contribution is -2.23. The van der Waals surface area contributed by atoms with Crippen LogP contribution < -0.4 is 0 Å². The fraction of sp³-hybridized carbons (Fsp3) is 0.545. The van der Waals surface area contributed by atoms with E-state index >= 15 is 0 Å². The number of aryl methyl sites for hydroxylation is 2. The highest BCUT2D eigenvalue weighted by Gasteiger charge is 2.25. The zero-order valence-corrected chi connectivity index (χ0v) is 15.3. The van der Waals surface area contributed by atoms with Crippen LogP contribution in [-0.2, 0) is 5.60 Å². The minimum atomic E-state index is -0.962. The van der Waals surface area contributed by atoms with Gasteiger partial charge in [0.15, 0.2) is 0 Å². The smallest absolute Gasteiger partial charge is 0.252 e. The molecule has 0 saturated carbocycles. The Morgan fingerprint density at radius 2 is 1.67 bits per heavy atom. The lowest BCUT2D eigenvalue weighted by Gasteiger charge is -2.21. The van der Waals surface area contributed by atoms with Crippen LogP contribution in [0, 0.1) is 20.8 Å². The second-order valence-corrected chi connectivity index (χ2v) is 4.60. The van der Waals surface area contributed by atoms with Gasteiger partial charge in [-0.1, -0.05) is 0 Å². The van der Waals surface area contributed by atoms with Gasteiger partial charge in [-0.15, -0.1) is 5.10 Å². The summed E-state index contributed by atoms with van der Waals surface area (Å²) >= 11 is 4.24. The average Bonchev–Trinajstić information content (AvgIpc) is 2.60. The maximum atomic E-state index is 10.2. The molecule has 0 atom stereocenters. The lowest BCUT2D eigenvalue weighted by molar-refractivity contribution is 0.0704. The molecule has 2 rings (SSSR count). The van der Waals surface area contributed by atoms with Crippen LogP contribution in [0.3, 0.4) is 0 Å². The maximum Gasteiger partial charge on any atom is 0.252 e. The van der Waals surface area contributed by atoms with Crippen molar-refractivity contribution in [2.24, 2.45) is 0 Å². The molecule has 18 heavy (non-hydrogen) atoms. The van der Waals surface area contributed by atoms with Crippen molar-refractivity contribution < 1.29 is 5.11 Å². The molecule has 7 heteroatoms. The Kier molecular flexibility index (Phi) is 5.30. The van der Waals surface area contributed by atoms with Crippen molar-refractivity contribution in [1.29, 1.82) is 0 Å². The van der Waals surface area contributed by atoms with E-state index in [0.29, 0.717) is 11.6 Å². The highest BCUT2D eigenvalue weighted by Crippen LogP contribution is 2.24. The summed E-state index contributed by atoms with van der Waals surface area (Å²) in [5, 5.41) is 14.4. The topological polar surface area (TPSA) is 63.3 Å². The van der Waals surface area contributed by atoms with Crippen LogP contribution >= 0.6 is 37.2 Å². The van der Waals surface area contributed by atoms with E-state index < -0.39 is 5.60 Å². The summed E-state index contributed by atoms with van der Waals surface area (Å²) in [4.78, 5) is 8.57. The molecule has 0 amide bonds. The van der Waals surface area contributed by atoms with Crippen LogP contribution in [0.15, 0.2) is 0 Å². The zero-order chi connectivity index (χ0) is 14.1. The first-order chi connectivity index (χ1) is 8.30. The number of aliphatic hydroxyl groups is 1. The van der Waals surface area contributed by atoms with Gasteiger partial charge >= 0.3 is 0 Å². The van der Waals surface area contributed by atoms with E-state index in [4.69, 9.17) is 0 Å². The predicted octanol–water partition coefficient (Wildman–Crippen LogP) is 3.05. The Hall–Kier alpha value is -0.0300.